The maximum Gasteiger partial charge on any atom is 0.256 e. The summed E-state index contributed by atoms with van der Waals surface area (Å²) < 4.78 is 25.6. The van der Waals surface area contributed by atoms with Crippen molar-refractivity contribution in [2.24, 2.45) is 5.41 Å². The Bertz CT molecular complexity index is 1090. The molecule has 2 N–H and O–H groups in total. The summed E-state index contributed by atoms with van der Waals surface area (Å²) >= 11 is 0. The van der Waals surface area contributed by atoms with Crippen LogP contribution >= 0.6 is 0 Å². The molecule has 9 heteroatoms. The van der Waals surface area contributed by atoms with Crippen LogP contribution in [0.25, 0.3) is 0 Å². The van der Waals surface area contributed by atoms with Crippen molar-refractivity contribution in [3.8, 4) is 0 Å². The number of carbonyl (C=O) groups is 1. The fourth-order valence-electron chi connectivity index (χ4n) is 7.13. The third-order valence-corrected chi connectivity index (χ3v) is 9.38. The van der Waals surface area contributed by atoms with E-state index in [2.05, 4.69) is 15.8 Å². The molecule has 0 bridgehead atoms. The number of rotatable bonds is 5. The molecule has 0 radical (unpaired) electrons. The summed E-state index contributed by atoms with van der Waals surface area (Å²) in [5, 5.41) is 12.2. The highest BCUT2D eigenvalue weighted by atomic mass is 19.1. The van der Waals surface area contributed by atoms with Gasteiger partial charge in [-0.15, -0.1) is 0 Å². The number of aromatic nitrogens is 2. The molecule has 4 heterocycles. The van der Waals surface area contributed by atoms with Crippen LogP contribution in [0.5, 0.6) is 0 Å². The molecule has 38 heavy (non-hydrogen) atoms. The number of halogens is 1. The van der Waals surface area contributed by atoms with Gasteiger partial charge in [0.05, 0.1) is 31.0 Å². The standard InChI is InChI=1S/C29H40FN5O3/c30-24-9-5-4-8-22(24)27(36)35-16-11-20(12-17-35)25-33-26(38-34-25)23-10-15-31-28(32-21-18-37-19-21)29(23)13-6-2-1-3-7-14-29/h4-5,8-9,20-21,23,28,31-32H,1-3,6-7,10-19H2. The van der Waals surface area contributed by atoms with Crippen molar-refractivity contribution in [3.05, 3.63) is 47.4 Å². The van der Waals surface area contributed by atoms with Crippen LogP contribution in [0.15, 0.2) is 28.8 Å². The van der Waals surface area contributed by atoms with Gasteiger partial charge in [0.1, 0.15) is 5.82 Å². The first-order valence-corrected chi connectivity index (χ1v) is 14.6. The fraction of sp³-hybridized carbons (Fsp3) is 0.690. The van der Waals surface area contributed by atoms with Crippen LogP contribution in [0, 0.1) is 11.2 Å². The van der Waals surface area contributed by atoms with Gasteiger partial charge in [0.25, 0.3) is 5.91 Å². The van der Waals surface area contributed by atoms with Gasteiger partial charge in [0.2, 0.25) is 5.89 Å². The normalized spacial score (nSPS) is 27.0. The largest absolute Gasteiger partial charge is 0.378 e. The Kier molecular flexibility index (Phi) is 7.77. The van der Waals surface area contributed by atoms with E-state index in [-0.39, 0.29) is 34.9 Å². The number of hydrogen-bond acceptors (Lipinski definition) is 7. The van der Waals surface area contributed by atoms with Crippen LogP contribution < -0.4 is 10.6 Å². The zero-order valence-corrected chi connectivity index (χ0v) is 22.2. The third kappa shape index (κ3) is 5.12. The van der Waals surface area contributed by atoms with Crippen LogP contribution in [-0.2, 0) is 4.74 Å². The summed E-state index contributed by atoms with van der Waals surface area (Å²) in [6, 6.07) is 6.61. The lowest BCUT2D eigenvalue weighted by Crippen LogP contribution is -2.65. The molecule has 1 saturated carbocycles. The number of piperidine rings is 2. The van der Waals surface area contributed by atoms with E-state index in [0.29, 0.717) is 19.1 Å². The molecule has 1 spiro atoms. The van der Waals surface area contributed by atoms with Gasteiger partial charge in [0, 0.05) is 30.3 Å². The minimum absolute atomic E-state index is 0.0492. The monoisotopic (exact) mass is 525 g/mol. The van der Waals surface area contributed by atoms with Gasteiger partial charge in [-0.25, -0.2) is 4.39 Å². The quantitative estimate of drug-likeness (QED) is 0.600. The first kappa shape index (κ1) is 25.9. The molecule has 2 aromatic rings. The molecule has 2 unspecified atom stereocenters. The number of nitrogens with zero attached hydrogens (tertiary/aromatic N) is 3. The van der Waals surface area contributed by atoms with Gasteiger partial charge >= 0.3 is 0 Å². The lowest BCUT2D eigenvalue weighted by molar-refractivity contribution is -0.0412. The van der Waals surface area contributed by atoms with Gasteiger partial charge < -0.3 is 19.5 Å². The van der Waals surface area contributed by atoms with Crippen LogP contribution in [0.3, 0.4) is 0 Å². The Hall–Kier alpha value is -2.36. The number of ether oxygens (including phenoxy) is 1. The van der Waals surface area contributed by atoms with E-state index in [1.54, 1.807) is 23.1 Å². The summed E-state index contributed by atoms with van der Waals surface area (Å²) in [5.74, 6) is 1.20. The molecule has 206 valence electrons. The highest BCUT2D eigenvalue weighted by Gasteiger charge is 2.51. The smallest absolute Gasteiger partial charge is 0.256 e. The molecule has 1 amide bonds. The van der Waals surface area contributed by atoms with Gasteiger partial charge in [-0.2, -0.15) is 4.98 Å². The molecule has 2 atom stereocenters. The lowest BCUT2D eigenvalue weighted by atomic mass is 9.62. The second-order valence-electron chi connectivity index (χ2n) is 11.7. The van der Waals surface area contributed by atoms with Gasteiger partial charge in [-0.05, 0) is 50.8 Å². The van der Waals surface area contributed by atoms with E-state index in [4.69, 9.17) is 14.2 Å². The topological polar surface area (TPSA) is 92.5 Å². The summed E-state index contributed by atoms with van der Waals surface area (Å²) in [7, 11) is 0. The van der Waals surface area contributed by atoms with Crippen molar-refractivity contribution in [1.29, 1.82) is 0 Å². The second kappa shape index (κ2) is 11.4. The third-order valence-electron chi connectivity index (χ3n) is 9.38. The minimum Gasteiger partial charge on any atom is -0.378 e. The molecule has 1 aromatic carbocycles. The summed E-state index contributed by atoms with van der Waals surface area (Å²) in [6.45, 7) is 3.61. The lowest BCUT2D eigenvalue weighted by Gasteiger charge is -2.51. The number of likely N-dealkylation sites (tertiary alicyclic amines) is 1. The molecule has 8 nitrogen and oxygen atoms in total. The molecule has 1 aliphatic carbocycles. The Labute approximate surface area is 224 Å². The van der Waals surface area contributed by atoms with Crippen LogP contribution in [0.1, 0.15) is 98.1 Å². The summed E-state index contributed by atoms with van der Waals surface area (Å²) in [4.78, 5) is 19.6. The predicted octanol–water partition coefficient (Wildman–Crippen LogP) is 4.35. The van der Waals surface area contributed by atoms with Crippen molar-refractivity contribution in [3.63, 3.8) is 0 Å². The Morgan fingerprint density at radius 1 is 1.05 bits per heavy atom. The van der Waals surface area contributed by atoms with Gasteiger partial charge in [0.15, 0.2) is 5.82 Å². The van der Waals surface area contributed by atoms with E-state index >= 15 is 0 Å². The van der Waals surface area contributed by atoms with Crippen molar-refractivity contribution in [2.45, 2.75) is 88.3 Å². The Balaban J connectivity index is 1.16. The minimum atomic E-state index is -0.467. The van der Waals surface area contributed by atoms with E-state index in [1.807, 2.05) is 0 Å². The maximum absolute atomic E-state index is 14.1. The van der Waals surface area contributed by atoms with Crippen LogP contribution in [0.4, 0.5) is 4.39 Å². The molecule has 3 aliphatic heterocycles. The number of amides is 1. The number of nitrogens with one attached hydrogen (secondary N) is 2. The summed E-state index contributed by atoms with van der Waals surface area (Å²) in [5.41, 5.74) is 0.188. The van der Waals surface area contributed by atoms with Gasteiger partial charge in [-0.1, -0.05) is 49.4 Å². The zero-order valence-electron chi connectivity index (χ0n) is 22.2. The van der Waals surface area contributed by atoms with Crippen molar-refractivity contribution < 1.29 is 18.4 Å². The summed E-state index contributed by atoms with van der Waals surface area (Å²) in [6.07, 6.45) is 11.4. The van der Waals surface area contributed by atoms with E-state index in [9.17, 15) is 9.18 Å². The average molecular weight is 526 g/mol. The number of benzene rings is 1. The van der Waals surface area contributed by atoms with E-state index in [1.165, 1.54) is 38.2 Å². The van der Waals surface area contributed by atoms with Crippen LogP contribution in [0.2, 0.25) is 0 Å². The Morgan fingerprint density at radius 2 is 1.79 bits per heavy atom. The predicted molar refractivity (Wildman–Crippen MR) is 140 cm³/mol. The van der Waals surface area contributed by atoms with Gasteiger partial charge in [-0.3, -0.25) is 10.1 Å². The zero-order chi connectivity index (χ0) is 26.0. The first-order valence-electron chi connectivity index (χ1n) is 14.6. The second-order valence-corrected chi connectivity index (χ2v) is 11.7. The van der Waals surface area contributed by atoms with E-state index in [0.717, 1.165) is 63.6 Å². The SMILES string of the molecule is O=C(c1ccccc1F)N1CCC(c2noc(C3CCNC(NC4COC4)C34CCCCCCC4)n2)CC1. The number of carbonyl (C=O) groups excluding carboxylic acids is 1. The number of hydrogen-bond donors (Lipinski definition) is 2. The molecule has 6 rings (SSSR count). The average Bonchev–Trinajstić information content (AvgIpc) is 3.39. The van der Waals surface area contributed by atoms with Crippen LogP contribution in [-0.4, -0.2) is 66.0 Å². The molecular formula is C29H40FN5O3. The maximum atomic E-state index is 14.1. The Morgan fingerprint density at radius 3 is 2.50 bits per heavy atom. The molecular weight excluding hydrogens is 485 g/mol. The van der Waals surface area contributed by atoms with Crippen molar-refractivity contribution in [2.75, 3.05) is 32.8 Å². The van der Waals surface area contributed by atoms with Crippen molar-refractivity contribution in [1.82, 2.24) is 25.7 Å². The van der Waals surface area contributed by atoms with Crippen molar-refractivity contribution >= 4 is 5.91 Å². The molecule has 1 aromatic heterocycles. The highest BCUT2D eigenvalue weighted by molar-refractivity contribution is 5.94. The first-order chi connectivity index (χ1) is 18.6. The van der Waals surface area contributed by atoms with E-state index < -0.39 is 5.82 Å². The highest BCUT2D eigenvalue weighted by Crippen LogP contribution is 2.51. The molecule has 3 saturated heterocycles. The fourth-order valence-corrected chi connectivity index (χ4v) is 7.13. The molecule has 4 aliphatic rings. The molecule has 4 fully saturated rings.